The molecule has 4 aromatic rings. The van der Waals surface area contributed by atoms with Gasteiger partial charge in [-0.1, -0.05) is 65.3 Å². The van der Waals surface area contributed by atoms with E-state index < -0.39 is 0 Å². The average molecular weight is 497 g/mol. The van der Waals surface area contributed by atoms with Crippen molar-refractivity contribution in [3.63, 3.8) is 0 Å². The molecule has 1 unspecified atom stereocenters. The van der Waals surface area contributed by atoms with Crippen LogP contribution in [-0.4, -0.2) is 26.9 Å². The van der Waals surface area contributed by atoms with E-state index >= 15 is 0 Å². The highest BCUT2D eigenvalue weighted by molar-refractivity contribution is 7.80. The summed E-state index contributed by atoms with van der Waals surface area (Å²) in [5, 5.41) is 8.44. The fraction of sp³-hybridized carbons (Fsp3) is 0.179. The first-order valence-corrected chi connectivity index (χ1v) is 12.1. The predicted octanol–water partition coefficient (Wildman–Crippen LogP) is 5.64. The number of hydrogen-bond acceptors (Lipinski definition) is 6. The molecular formula is C28H24N4O3S. The molecule has 3 aromatic carbocycles. The number of rotatable bonds is 5. The quantitative estimate of drug-likeness (QED) is 0.356. The van der Waals surface area contributed by atoms with E-state index in [-0.39, 0.29) is 12.8 Å². The Morgan fingerprint density at radius 3 is 2.64 bits per heavy atom. The number of aryl methyl sites for hydroxylation is 1. The zero-order valence-electron chi connectivity index (χ0n) is 19.9. The molecule has 1 N–H and O–H groups in total. The molecule has 2 aliphatic rings. The molecule has 3 heterocycles. The number of thiocarbonyl (C=S) groups is 1. The molecule has 1 aromatic heterocycles. The summed E-state index contributed by atoms with van der Waals surface area (Å²) in [5.74, 6) is 2.51. The second-order valence-electron chi connectivity index (χ2n) is 8.86. The SMILES string of the molecule is CC1=C(c2nc(-c3cccc(C)c3)no2)C(c2ccccc2)NC(=S)N1Cc1ccc2c(c1)OCO2. The molecule has 0 saturated heterocycles. The Bertz CT molecular complexity index is 1480. The van der Waals surface area contributed by atoms with Crippen LogP contribution in [-0.2, 0) is 6.54 Å². The van der Waals surface area contributed by atoms with Crippen LogP contribution in [0.15, 0.2) is 83.0 Å². The lowest BCUT2D eigenvalue weighted by Gasteiger charge is -2.37. The topological polar surface area (TPSA) is 72.7 Å². The maximum atomic E-state index is 5.85. The van der Waals surface area contributed by atoms with E-state index in [1.807, 2.05) is 74.5 Å². The number of fused-ring (bicyclic) bond motifs is 1. The first kappa shape index (κ1) is 22.3. The summed E-state index contributed by atoms with van der Waals surface area (Å²) in [7, 11) is 0. The summed E-state index contributed by atoms with van der Waals surface area (Å²) in [4.78, 5) is 6.86. The molecule has 1 atom stereocenters. The molecule has 36 heavy (non-hydrogen) atoms. The molecule has 0 spiro atoms. The fourth-order valence-corrected chi connectivity index (χ4v) is 4.92. The van der Waals surface area contributed by atoms with Crippen LogP contribution < -0.4 is 14.8 Å². The first-order valence-electron chi connectivity index (χ1n) is 11.7. The Balaban J connectivity index is 1.42. The summed E-state index contributed by atoms with van der Waals surface area (Å²) in [6.45, 7) is 4.88. The molecule has 6 rings (SSSR count). The molecule has 0 saturated carbocycles. The van der Waals surface area contributed by atoms with Gasteiger partial charge in [0.25, 0.3) is 5.89 Å². The van der Waals surface area contributed by atoms with Crippen LogP contribution in [0, 0.1) is 6.92 Å². The molecule has 0 aliphatic carbocycles. The van der Waals surface area contributed by atoms with E-state index in [2.05, 4.69) is 27.5 Å². The smallest absolute Gasteiger partial charge is 0.258 e. The largest absolute Gasteiger partial charge is 0.454 e. The molecular weight excluding hydrogens is 472 g/mol. The minimum absolute atomic E-state index is 0.225. The van der Waals surface area contributed by atoms with Gasteiger partial charge in [0, 0.05) is 11.3 Å². The van der Waals surface area contributed by atoms with Gasteiger partial charge in [0.1, 0.15) is 0 Å². The van der Waals surface area contributed by atoms with Crippen molar-refractivity contribution in [1.29, 1.82) is 0 Å². The van der Waals surface area contributed by atoms with Crippen molar-refractivity contribution >= 4 is 22.9 Å². The van der Waals surface area contributed by atoms with E-state index in [1.54, 1.807) is 0 Å². The number of nitrogens with zero attached hydrogens (tertiary/aromatic N) is 3. The number of nitrogens with one attached hydrogen (secondary N) is 1. The first-order chi connectivity index (χ1) is 17.6. The standard InChI is InChI=1S/C28H24N4O3S/c1-17-7-6-10-21(13-17)26-30-27(35-31-26)24-18(2)32(15-19-11-12-22-23(14-19)34-16-33-22)28(36)29-25(24)20-8-4-3-5-9-20/h3-14,25H,15-16H2,1-2H3,(H,29,36). The highest BCUT2D eigenvalue weighted by Crippen LogP contribution is 2.39. The molecule has 2 aliphatic heterocycles. The second kappa shape index (κ2) is 9.13. The normalized spacial score (nSPS) is 16.9. The Kier molecular flexibility index (Phi) is 5.65. The van der Waals surface area contributed by atoms with Gasteiger partial charge in [0.05, 0.1) is 18.2 Å². The van der Waals surface area contributed by atoms with Crippen molar-refractivity contribution in [2.45, 2.75) is 26.4 Å². The van der Waals surface area contributed by atoms with Crippen molar-refractivity contribution in [2.75, 3.05) is 6.79 Å². The second-order valence-corrected chi connectivity index (χ2v) is 9.25. The van der Waals surface area contributed by atoms with Gasteiger partial charge in [-0.25, -0.2) is 0 Å². The minimum Gasteiger partial charge on any atom is -0.454 e. The number of benzene rings is 3. The third kappa shape index (κ3) is 4.09. The highest BCUT2D eigenvalue weighted by Gasteiger charge is 2.34. The van der Waals surface area contributed by atoms with E-state index in [4.69, 9.17) is 31.2 Å². The van der Waals surface area contributed by atoms with Gasteiger partial charge >= 0.3 is 0 Å². The molecule has 7 nitrogen and oxygen atoms in total. The molecule has 8 heteroatoms. The van der Waals surface area contributed by atoms with Gasteiger partial charge in [0.15, 0.2) is 16.6 Å². The molecule has 180 valence electrons. The summed E-state index contributed by atoms with van der Waals surface area (Å²) >= 11 is 5.84. The van der Waals surface area contributed by atoms with Gasteiger partial charge in [-0.3, -0.25) is 0 Å². The van der Waals surface area contributed by atoms with Gasteiger partial charge in [-0.15, -0.1) is 0 Å². The Morgan fingerprint density at radius 1 is 0.972 bits per heavy atom. The number of ether oxygens (including phenoxy) is 2. The maximum Gasteiger partial charge on any atom is 0.258 e. The highest BCUT2D eigenvalue weighted by atomic mass is 32.1. The Hall–Kier alpha value is -4.17. The average Bonchev–Trinajstić information content (AvgIpc) is 3.56. The van der Waals surface area contributed by atoms with Crippen LogP contribution in [0.2, 0.25) is 0 Å². The summed E-state index contributed by atoms with van der Waals surface area (Å²) in [6.07, 6.45) is 0. The zero-order valence-corrected chi connectivity index (χ0v) is 20.7. The lowest BCUT2D eigenvalue weighted by Crippen LogP contribution is -2.45. The molecule has 0 bridgehead atoms. The van der Waals surface area contributed by atoms with E-state index in [0.29, 0.717) is 23.4 Å². The molecule has 0 amide bonds. The van der Waals surface area contributed by atoms with Crippen molar-refractivity contribution < 1.29 is 14.0 Å². The fourth-order valence-electron chi connectivity index (χ4n) is 4.60. The zero-order chi connectivity index (χ0) is 24.6. The Morgan fingerprint density at radius 2 is 1.81 bits per heavy atom. The van der Waals surface area contributed by atoms with Crippen molar-refractivity contribution in [2.24, 2.45) is 0 Å². The number of aromatic nitrogens is 2. The maximum absolute atomic E-state index is 5.85. The van der Waals surface area contributed by atoms with Crippen LogP contribution in [0.25, 0.3) is 17.0 Å². The third-order valence-electron chi connectivity index (χ3n) is 6.44. The summed E-state index contributed by atoms with van der Waals surface area (Å²) in [5.41, 5.74) is 6.00. The minimum atomic E-state index is -0.225. The number of allylic oxidation sites excluding steroid dienone is 1. The Labute approximate surface area is 214 Å². The van der Waals surface area contributed by atoms with Crippen LogP contribution in [0.5, 0.6) is 11.5 Å². The summed E-state index contributed by atoms with van der Waals surface area (Å²) < 4.78 is 16.9. The van der Waals surface area contributed by atoms with Gasteiger partial charge in [-0.05, 0) is 55.4 Å². The van der Waals surface area contributed by atoms with Crippen molar-refractivity contribution in [3.05, 3.63) is 101 Å². The van der Waals surface area contributed by atoms with Crippen LogP contribution in [0.4, 0.5) is 0 Å². The van der Waals surface area contributed by atoms with Crippen molar-refractivity contribution in [1.82, 2.24) is 20.4 Å². The summed E-state index contributed by atoms with van der Waals surface area (Å²) in [6, 6.07) is 23.9. The van der Waals surface area contributed by atoms with E-state index in [9.17, 15) is 0 Å². The predicted molar refractivity (Wildman–Crippen MR) is 140 cm³/mol. The van der Waals surface area contributed by atoms with Crippen LogP contribution in [0.1, 0.15) is 35.5 Å². The molecule has 0 radical (unpaired) electrons. The van der Waals surface area contributed by atoms with E-state index in [1.165, 1.54) is 0 Å². The van der Waals surface area contributed by atoms with Crippen LogP contribution in [0.3, 0.4) is 0 Å². The molecule has 0 fully saturated rings. The van der Waals surface area contributed by atoms with Crippen molar-refractivity contribution in [3.8, 4) is 22.9 Å². The number of hydrogen-bond donors (Lipinski definition) is 1. The monoisotopic (exact) mass is 496 g/mol. The van der Waals surface area contributed by atoms with Gasteiger partial charge < -0.3 is 24.2 Å². The lowest BCUT2D eigenvalue weighted by atomic mass is 9.94. The van der Waals surface area contributed by atoms with Gasteiger partial charge in [0.2, 0.25) is 12.6 Å². The third-order valence-corrected chi connectivity index (χ3v) is 6.78. The van der Waals surface area contributed by atoms with Crippen LogP contribution >= 0.6 is 12.2 Å². The lowest BCUT2D eigenvalue weighted by molar-refractivity contribution is 0.174. The van der Waals surface area contributed by atoms with E-state index in [0.717, 1.165) is 45.0 Å². The van der Waals surface area contributed by atoms with Gasteiger partial charge in [-0.2, -0.15) is 4.98 Å².